The summed E-state index contributed by atoms with van der Waals surface area (Å²) in [5.74, 6) is 0. The Balaban J connectivity index is 1.94. The quantitative estimate of drug-likeness (QED) is 0.901. The predicted octanol–water partition coefficient (Wildman–Crippen LogP) is 4.48. The monoisotopic (exact) mass is 306 g/mol. The molecule has 1 N–H and O–H groups in total. The molecule has 0 saturated heterocycles. The van der Waals surface area contributed by atoms with E-state index in [-0.39, 0.29) is 6.04 Å². The second-order valence-electron chi connectivity index (χ2n) is 5.83. The molecule has 0 aliphatic heterocycles. The molecular formula is C16H22N2S2. The Morgan fingerprint density at radius 3 is 2.60 bits per heavy atom. The van der Waals surface area contributed by atoms with Gasteiger partial charge in [0, 0.05) is 20.7 Å². The number of aryl methyl sites for hydroxylation is 3. The normalized spacial score (nSPS) is 16.4. The van der Waals surface area contributed by atoms with E-state index in [0.717, 1.165) is 0 Å². The largest absolute Gasteiger partial charge is 0.301 e. The van der Waals surface area contributed by atoms with Crippen LogP contribution in [0.25, 0.3) is 0 Å². The van der Waals surface area contributed by atoms with Crippen molar-refractivity contribution < 1.29 is 0 Å². The molecule has 0 spiro atoms. The lowest BCUT2D eigenvalue weighted by Crippen LogP contribution is -2.28. The second-order valence-corrected chi connectivity index (χ2v) is 8.27. The van der Waals surface area contributed by atoms with Gasteiger partial charge >= 0.3 is 0 Å². The first-order valence-electron chi connectivity index (χ1n) is 7.44. The second kappa shape index (κ2) is 5.96. The average Bonchev–Trinajstić information content (AvgIpc) is 3.01. The number of nitrogens with one attached hydrogen (secondary N) is 1. The Kier molecular flexibility index (Phi) is 4.24. The zero-order valence-corrected chi connectivity index (χ0v) is 14.0. The van der Waals surface area contributed by atoms with E-state index < -0.39 is 0 Å². The van der Waals surface area contributed by atoms with Crippen LogP contribution in [0.1, 0.15) is 58.1 Å². The van der Waals surface area contributed by atoms with Gasteiger partial charge in [0.25, 0.3) is 0 Å². The highest BCUT2D eigenvalue weighted by Crippen LogP contribution is 2.35. The number of fused-ring (bicyclic) bond motifs is 1. The zero-order chi connectivity index (χ0) is 14.1. The maximum absolute atomic E-state index is 4.95. The Morgan fingerprint density at radius 1 is 1.15 bits per heavy atom. The van der Waals surface area contributed by atoms with Crippen LogP contribution in [0, 0.1) is 6.92 Å². The first kappa shape index (κ1) is 14.2. The summed E-state index contributed by atoms with van der Waals surface area (Å²) in [6.45, 7) is 6.59. The molecule has 2 aromatic rings. The van der Waals surface area contributed by atoms with Gasteiger partial charge in [-0.15, -0.1) is 22.7 Å². The summed E-state index contributed by atoms with van der Waals surface area (Å²) in [4.78, 5) is 9.24. The van der Waals surface area contributed by atoms with E-state index in [2.05, 4.69) is 38.2 Å². The first-order valence-corrected chi connectivity index (χ1v) is 9.07. The molecule has 20 heavy (non-hydrogen) atoms. The molecule has 1 aliphatic carbocycles. The SMILES string of the molecule is Cc1ccc(C(NC(C)C)c2nc3c(s2)CCCC3)s1. The van der Waals surface area contributed by atoms with Gasteiger partial charge in [-0.1, -0.05) is 0 Å². The third-order valence-electron chi connectivity index (χ3n) is 3.65. The van der Waals surface area contributed by atoms with Gasteiger partial charge in [-0.05, 0) is 58.6 Å². The zero-order valence-electron chi connectivity index (χ0n) is 12.4. The van der Waals surface area contributed by atoms with Crippen LogP contribution in [0.3, 0.4) is 0 Å². The number of thiophene rings is 1. The molecule has 108 valence electrons. The lowest BCUT2D eigenvalue weighted by atomic mass is 10.0. The maximum atomic E-state index is 4.95. The summed E-state index contributed by atoms with van der Waals surface area (Å²) in [5.41, 5.74) is 1.36. The smallest absolute Gasteiger partial charge is 0.116 e. The number of hydrogen-bond donors (Lipinski definition) is 1. The molecule has 2 heterocycles. The molecule has 0 aromatic carbocycles. The highest BCUT2D eigenvalue weighted by Gasteiger charge is 2.23. The fraction of sp³-hybridized carbons (Fsp3) is 0.562. The minimum absolute atomic E-state index is 0.268. The minimum atomic E-state index is 0.268. The molecule has 2 nitrogen and oxygen atoms in total. The molecule has 0 fully saturated rings. The van der Waals surface area contributed by atoms with Crippen molar-refractivity contribution in [1.29, 1.82) is 0 Å². The Morgan fingerprint density at radius 2 is 1.95 bits per heavy atom. The minimum Gasteiger partial charge on any atom is -0.301 e. The summed E-state index contributed by atoms with van der Waals surface area (Å²) < 4.78 is 0. The van der Waals surface area contributed by atoms with Gasteiger partial charge in [0.2, 0.25) is 0 Å². The van der Waals surface area contributed by atoms with Gasteiger partial charge in [-0.2, -0.15) is 0 Å². The van der Waals surface area contributed by atoms with E-state index in [4.69, 9.17) is 4.98 Å². The first-order chi connectivity index (χ1) is 9.63. The fourth-order valence-corrected chi connectivity index (χ4v) is 4.96. The van der Waals surface area contributed by atoms with Crippen molar-refractivity contribution in [3.05, 3.63) is 37.5 Å². The van der Waals surface area contributed by atoms with Crippen molar-refractivity contribution in [2.75, 3.05) is 0 Å². The molecule has 1 aliphatic rings. The average molecular weight is 307 g/mol. The molecule has 4 heteroatoms. The van der Waals surface area contributed by atoms with Crippen LogP contribution in [-0.2, 0) is 12.8 Å². The number of thiazole rings is 1. The molecule has 0 saturated carbocycles. The number of nitrogens with zero attached hydrogens (tertiary/aromatic N) is 1. The highest BCUT2D eigenvalue weighted by atomic mass is 32.1. The molecule has 2 aromatic heterocycles. The van der Waals surface area contributed by atoms with Crippen LogP contribution in [0.4, 0.5) is 0 Å². The van der Waals surface area contributed by atoms with Crippen molar-refractivity contribution in [2.45, 2.75) is 58.5 Å². The van der Waals surface area contributed by atoms with Gasteiger partial charge < -0.3 is 5.32 Å². The van der Waals surface area contributed by atoms with Crippen molar-refractivity contribution in [3.8, 4) is 0 Å². The van der Waals surface area contributed by atoms with Gasteiger partial charge in [0.1, 0.15) is 5.01 Å². The molecule has 3 rings (SSSR count). The molecule has 0 radical (unpaired) electrons. The molecular weight excluding hydrogens is 284 g/mol. The standard InChI is InChI=1S/C16H22N2S2/c1-10(2)17-15(14-9-8-11(3)19-14)16-18-12-6-4-5-7-13(12)20-16/h8-10,15,17H,4-7H2,1-3H3. The van der Waals surface area contributed by atoms with E-state index in [0.29, 0.717) is 6.04 Å². The third kappa shape index (κ3) is 2.97. The summed E-state index contributed by atoms with van der Waals surface area (Å²) in [6.07, 6.45) is 5.03. The van der Waals surface area contributed by atoms with Crippen LogP contribution >= 0.6 is 22.7 Å². The van der Waals surface area contributed by atoms with E-state index in [1.54, 1.807) is 0 Å². The van der Waals surface area contributed by atoms with E-state index >= 15 is 0 Å². The topological polar surface area (TPSA) is 24.9 Å². The summed E-state index contributed by atoms with van der Waals surface area (Å²) in [5, 5.41) is 4.95. The molecule has 0 bridgehead atoms. The lowest BCUT2D eigenvalue weighted by Gasteiger charge is -2.18. The van der Waals surface area contributed by atoms with Gasteiger partial charge in [-0.25, -0.2) is 4.98 Å². The maximum Gasteiger partial charge on any atom is 0.116 e. The van der Waals surface area contributed by atoms with E-state index in [9.17, 15) is 0 Å². The molecule has 1 atom stereocenters. The molecule has 1 unspecified atom stereocenters. The van der Waals surface area contributed by atoms with Crippen LogP contribution in [0.15, 0.2) is 12.1 Å². The number of rotatable bonds is 4. The van der Waals surface area contributed by atoms with Gasteiger partial charge in [-0.3, -0.25) is 0 Å². The fourth-order valence-electron chi connectivity index (χ4n) is 2.71. The van der Waals surface area contributed by atoms with Crippen LogP contribution in [0.5, 0.6) is 0 Å². The Labute approximate surface area is 129 Å². The van der Waals surface area contributed by atoms with Crippen LogP contribution < -0.4 is 5.32 Å². The Bertz CT molecular complexity index is 560. The van der Waals surface area contributed by atoms with Gasteiger partial charge in [0.05, 0.1) is 11.7 Å². The van der Waals surface area contributed by atoms with Crippen molar-refractivity contribution >= 4 is 22.7 Å². The van der Waals surface area contributed by atoms with Crippen molar-refractivity contribution in [2.24, 2.45) is 0 Å². The predicted molar refractivity (Wildman–Crippen MR) is 87.9 cm³/mol. The Hall–Kier alpha value is -0.710. The summed E-state index contributed by atoms with van der Waals surface area (Å²) in [6, 6.07) is 5.19. The van der Waals surface area contributed by atoms with E-state index in [1.165, 1.54) is 51.0 Å². The summed E-state index contributed by atoms with van der Waals surface area (Å²) >= 11 is 3.81. The van der Waals surface area contributed by atoms with Crippen molar-refractivity contribution in [1.82, 2.24) is 10.3 Å². The number of aromatic nitrogens is 1. The summed E-state index contributed by atoms with van der Waals surface area (Å²) in [7, 11) is 0. The van der Waals surface area contributed by atoms with Gasteiger partial charge in [0.15, 0.2) is 0 Å². The highest BCUT2D eigenvalue weighted by molar-refractivity contribution is 7.13. The van der Waals surface area contributed by atoms with E-state index in [1.807, 2.05) is 22.7 Å². The van der Waals surface area contributed by atoms with Crippen molar-refractivity contribution in [3.63, 3.8) is 0 Å². The third-order valence-corrected chi connectivity index (χ3v) is 5.94. The van der Waals surface area contributed by atoms with Crippen LogP contribution in [-0.4, -0.2) is 11.0 Å². The lowest BCUT2D eigenvalue weighted by molar-refractivity contribution is 0.531. The van der Waals surface area contributed by atoms with Crippen LogP contribution in [0.2, 0.25) is 0 Å². The molecule has 0 amide bonds. The number of hydrogen-bond acceptors (Lipinski definition) is 4.